The Bertz CT molecular complexity index is 941. The molecular formula is C24H26BrNO3. The molecule has 0 spiro atoms. The van der Waals surface area contributed by atoms with E-state index in [2.05, 4.69) is 46.4 Å². The first kappa shape index (κ1) is 21.1. The third-order valence-corrected chi connectivity index (χ3v) is 5.18. The van der Waals surface area contributed by atoms with E-state index in [0.717, 1.165) is 38.5 Å². The van der Waals surface area contributed by atoms with Gasteiger partial charge in [0.05, 0.1) is 18.2 Å². The summed E-state index contributed by atoms with van der Waals surface area (Å²) in [5, 5.41) is 3.42. The van der Waals surface area contributed by atoms with Crippen LogP contribution in [0.1, 0.15) is 23.6 Å². The predicted octanol–water partition coefficient (Wildman–Crippen LogP) is 6.36. The molecule has 4 nitrogen and oxygen atoms in total. The molecule has 0 aliphatic rings. The summed E-state index contributed by atoms with van der Waals surface area (Å²) in [6.45, 7) is 5.80. The quantitative estimate of drug-likeness (QED) is 0.407. The Morgan fingerprint density at radius 2 is 1.72 bits per heavy atom. The van der Waals surface area contributed by atoms with Gasteiger partial charge in [-0.3, -0.25) is 0 Å². The average Bonchev–Trinajstić information content (AvgIpc) is 2.73. The number of aryl methyl sites for hydroxylation is 1. The maximum Gasteiger partial charge on any atom is 0.175 e. The first-order valence-corrected chi connectivity index (χ1v) is 10.4. The van der Waals surface area contributed by atoms with Crippen LogP contribution in [0.25, 0.3) is 0 Å². The van der Waals surface area contributed by atoms with Crippen LogP contribution in [-0.2, 0) is 13.2 Å². The van der Waals surface area contributed by atoms with E-state index in [-0.39, 0.29) is 0 Å². The minimum Gasteiger partial charge on any atom is -0.497 e. The van der Waals surface area contributed by atoms with Crippen molar-refractivity contribution in [2.24, 2.45) is 0 Å². The molecule has 152 valence electrons. The Morgan fingerprint density at radius 3 is 2.41 bits per heavy atom. The molecule has 29 heavy (non-hydrogen) atoms. The first-order chi connectivity index (χ1) is 14.1. The van der Waals surface area contributed by atoms with Crippen LogP contribution in [0.4, 0.5) is 5.69 Å². The van der Waals surface area contributed by atoms with E-state index in [1.54, 1.807) is 7.11 Å². The summed E-state index contributed by atoms with van der Waals surface area (Å²) in [6.07, 6.45) is 0. The molecule has 0 amide bonds. The van der Waals surface area contributed by atoms with Crippen LogP contribution in [0.5, 0.6) is 17.2 Å². The van der Waals surface area contributed by atoms with E-state index >= 15 is 0 Å². The Labute approximate surface area is 180 Å². The molecule has 0 atom stereocenters. The number of methoxy groups -OCH3 is 1. The number of hydrogen-bond donors (Lipinski definition) is 1. The fourth-order valence-corrected chi connectivity index (χ4v) is 3.57. The molecule has 0 bridgehead atoms. The molecular weight excluding hydrogens is 430 g/mol. The second kappa shape index (κ2) is 10.2. The van der Waals surface area contributed by atoms with Crippen LogP contribution in [0.15, 0.2) is 65.1 Å². The zero-order valence-corrected chi connectivity index (χ0v) is 18.6. The molecule has 5 heteroatoms. The van der Waals surface area contributed by atoms with Gasteiger partial charge in [-0.25, -0.2) is 0 Å². The van der Waals surface area contributed by atoms with Crippen molar-refractivity contribution >= 4 is 21.6 Å². The van der Waals surface area contributed by atoms with Gasteiger partial charge >= 0.3 is 0 Å². The van der Waals surface area contributed by atoms with Crippen molar-refractivity contribution in [3.8, 4) is 17.2 Å². The number of rotatable bonds is 9. The molecule has 0 aromatic heterocycles. The predicted molar refractivity (Wildman–Crippen MR) is 121 cm³/mol. The van der Waals surface area contributed by atoms with Crippen molar-refractivity contribution in [1.29, 1.82) is 0 Å². The zero-order chi connectivity index (χ0) is 20.6. The fourth-order valence-electron chi connectivity index (χ4n) is 2.96. The lowest BCUT2D eigenvalue weighted by Crippen LogP contribution is -2.04. The lowest BCUT2D eigenvalue weighted by molar-refractivity contribution is 0.267. The van der Waals surface area contributed by atoms with Crippen LogP contribution < -0.4 is 19.5 Å². The van der Waals surface area contributed by atoms with Crippen LogP contribution in [-0.4, -0.2) is 13.7 Å². The highest BCUT2D eigenvalue weighted by atomic mass is 79.9. The summed E-state index contributed by atoms with van der Waals surface area (Å²) in [7, 11) is 1.66. The fraction of sp³-hybridized carbons (Fsp3) is 0.250. The van der Waals surface area contributed by atoms with Crippen LogP contribution >= 0.6 is 15.9 Å². The maximum absolute atomic E-state index is 6.12. The summed E-state index contributed by atoms with van der Waals surface area (Å²) in [5.74, 6) is 2.30. The molecule has 0 unspecified atom stereocenters. The second-order valence-electron chi connectivity index (χ2n) is 6.64. The highest BCUT2D eigenvalue weighted by Crippen LogP contribution is 2.38. The lowest BCUT2D eigenvalue weighted by atomic mass is 10.1. The van der Waals surface area contributed by atoms with Crippen molar-refractivity contribution in [2.75, 3.05) is 19.0 Å². The van der Waals surface area contributed by atoms with E-state index in [1.807, 2.05) is 49.4 Å². The third kappa shape index (κ3) is 5.67. The molecule has 0 saturated carbocycles. The number of ether oxygens (including phenoxy) is 3. The molecule has 0 saturated heterocycles. The Morgan fingerprint density at radius 1 is 0.966 bits per heavy atom. The Kier molecular flexibility index (Phi) is 7.42. The minimum absolute atomic E-state index is 0.495. The highest BCUT2D eigenvalue weighted by molar-refractivity contribution is 9.10. The van der Waals surface area contributed by atoms with Crippen molar-refractivity contribution < 1.29 is 14.2 Å². The van der Waals surface area contributed by atoms with Gasteiger partial charge in [0.25, 0.3) is 0 Å². The molecule has 0 aliphatic heterocycles. The molecule has 0 radical (unpaired) electrons. The lowest BCUT2D eigenvalue weighted by Gasteiger charge is -2.17. The van der Waals surface area contributed by atoms with Crippen molar-refractivity contribution in [1.82, 2.24) is 0 Å². The van der Waals surface area contributed by atoms with Gasteiger partial charge in [-0.2, -0.15) is 0 Å². The van der Waals surface area contributed by atoms with Crippen molar-refractivity contribution in [2.45, 2.75) is 27.0 Å². The number of benzene rings is 3. The molecule has 3 rings (SSSR count). The van der Waals surface area contributed by atoms with Gasteiger partial charge in [0.2, 0.25) is 0 Å². The summed E-state index contributed by atoms with van der Waals surface area (Å²) in [5.41, 5.74) is 4.49. The normalized spacial score (nSPS) is 10.5. The van der Waals surface area contributed by atoms with Crippen LogP contribution in [0, 0.1) is 6.92 Å². The number of nitrogens with one attached hydrogen (secondary N) is 1. The van der Waals surface area contributed by atoms with Crippen LogP contribution in [0.2, 0.25) is 0 Å². The average molecular weight is 456 g/mol. The van der Waals surface area contributed by atoms with E-state index in [4.69, 9.17) is 14.2 Å². The molecule has 0 aliphatic carbocycles. The van der Waals surface area contributed by atoms with E-state index in [0.29, 0.717) is 19.8 Å². The van der Waals surface area contributed by atoms with Gasteiger partial charge in [-0.05, 0) is 82.9 Å². The highest BCUT2D eigenvalue weighted by Gasteiger charge is 2.13. The molecule has 3 aromatic carbocycles. The zero-order valence-electron chi connectivity index (χ0n) is 17.0. The van der Waals surface area contributed by atoms with Crippen LogP contribution in [0.3, 0.4) is 0 Å². The number of halogens is 1. The van der Waals surface area contributed by atoms with Gasteiger partial charge in [0.15, 0.2) is 11.5 Å². The van der Waals surface area contributed by atoms with Gasteiger partial charge < -0.3 is 19.5 Å². The SMILES string of the molecule is CCOc1cc(CNc2ccc(OC)cc2)cc(Br)c1OCc1ccccc1C. The summed E-state index contributed by atoms with van der Waals surface area (Å²) in [4.78, 5) is 0. The minimum atomic E-state index is 0.495. The van der Waals surface area contributed by atoms with E-state index in [9.17, 15) is 0 Å². The molecule has 0 fully saturated rings. The number of hydrogen-bond acceptors (Lipinski definition) is 4. The summed E-state index contributed by atoms with van der Waals surface area (Å²) < 4.78 is 18.1. The van der Waals surface area contributed by atoms with E-state index in [1.165, 1.54) is 5.56 Å². The Balaban J connectivity index is 1.73. The Hall–Kier alpha value is -2.66. The van der Waals surface area contributed by atoms with Crippen molar-refractivity contribution in [3.63, 3.8) is 0 Å². The summed E-state index contributed by atoms with van der Waals surface area (Å²) in [6, 6.07) is 20.2. The van der Waals surface area contributed by atoms with Gasteiger partial charge in [0.1, 0.15) is 12.4 Å². The van der Waals surface area contributed by atoms with Crippen molar-refractivity contribution in [3.05, 3.63) is 81.8 Å². The maximum atomic E-state index is 6.12. The monoisotopic (exact) mass is 455 g/mol. The van der Waals surface area contributed by atoms with Gasteiger partial charge in [0, 0.05) is 12.2 Å². The van der Waals surface area contributed by atoms with Gasteiger partial charge in [-0.1, -0.05) is 24.3 Å². The van der Waals surface area contributed by atoms with E-state index < -0.39 is 0 Å². The number of anilines is 1. The molecule has 0 heterocycles. The first-order valence-electron chi connectivity index (χ1n) is 9.61. The standard InChI is InChI=1S/C24H26BrNO3/c1-4-28-23-14-18(15-26-20-9-11-21(27-3)12-10-20)13-22(25)24(23)29-16-19-8-6-5-7-17(19)2/h5-14,26H,4,15-16H2,1-3H3. The van der Waals surface area contributed by atoms with Gasteiger partial charge in [-0.15, -0.1) is 0 Å². The third-order valence-electron chi connectivity index (χ3n) is 4.59. The smallest absolute Gasteiger partial charge is 0.175 e. The second-order valence-corrected chi connectivity index (χ2v) is 7.49. The molecule has 1 N–H and O–H groups in total. The summed E-state index contributed by atoms with van der Waals surface area (Å²) >= 11 is 3.66. The topological polar surface area (TPSA) is 39.7 Å². The largest absolute Gasteiger partial charge is 0.497 e. The molecule has 3 aromatic rings.